The van der Waals surface area contributed by atoms with Gasteiger partial charge in [0.2, 0.25) is 0 Å². The summed E-state index contributed by atoms with van der Waals surface area (Å²) in [5, 5.41) is 3.34. The SMILES string of the molecule is CC(=CCCNC1CC1)c1ccccc1C(F)(F)F. The van der Waals surface area contributed by atoms with Gasteiger partial charge in [0.1, 0.15) is 0 Å². The highest BCUT2D eigenvalue weighted by Gasteiger charge is 2.33. The minimum atomic E-state index is -4.29. The lowest BCUT2D eigenvalue weighted by atomic mass is 9.99. The average molecular weight is 269 g/mol. The van der Waals surface area contributed by atoms with E-state index in [-0.39, 0.29) is 5.56 Å². The second-order valence-corrected chi connectivity index (χ2v) is 4.95. The fourth-order valence-electron chi connectivity index (χ4n) is 2.05. The number of hydrogen-bond donors (Lipinski definition) is 1. The molecule has 2 rings (SSSR count). The maximum atomic E-state index is 12.9. The molecule has 0 bridgehead atoms. The number of halogens is 3. The van der Waals surface area contributed by atoms with E-state index in [0.29, 0.717) is 11.6 Å². The van der Waals surface area contributed by atoms with Crippen molar-refractivity contribution < 1.29 is 13.2 Å². The molecule has 0 atom stereocenters. The maximum absolute atomic E-state index is 12.9. The van der Waals surface area contributed by atoms with Crippen molar-refractivity contribution in [3.05, 3.63) is 41.5 Å². The van der Waals surface area contributed by atoms with Gasteiger partial charge in [-0.05, 0) is 49.9 Å². The van der Waals surface area contributed by atoms with Crippen LogP contribution in [0.5, 0.6) is 0 Å². The van der Waals surface area contributed by atoms with Gasteiger partial charge in [-0.2, -0.15) is 13.2 Å². The van der Waals surface area contributed by atoms with Crippen molar-refractivity contribution in [2.45, 2.75) is 38.4 Å². The van der Waals surface area contributed by atoms with Gasteiger partial charge in [-0.25, -0.2) is 0 Å². The molecule has 0 aliphatic heterocycles. The second-order valence-electron chi connectivity index (χ2n) is 4.95. The molecule has 104 valence electrons. The summed E-state index contributed by atoms with van der Waals surface area (Å²) in [7, 11) is 0. The Labute approximate surface area is 111 Å². The Hall–Kier alpha value is -1.29. The predicted molar refractivity (Wildman–Crippen MR) is 70.7 cm³/mol. The van der Waals surface area contributed by atoms with E-state index < -0.39 is 11.7 Å². The Morgan fingerprint density at radius 2 is 2.00 bits per heavy atom. The molecule has 0 heterocycles. The van der Waals surface area contributed by atoms with Gasteiger partial charge in [0, 0.05) is 6.04 Å². The zero-order valence-corrected chi connectivity index (χ0v) is 10.9. The lowest BCUT2D eigenvalue weighted by Crippen LogP contribution is -2.16. The highest BCUT2D eigenvalue weighted by molar-refractivity contribution is 5.67. The van der Waals surface area contributed by atoms with E-state index >= 15 is 0 Å². The molecule has 0 spiro atoms. The van der Waals surface area contributed by atoms with Crippen LogP contribution in [0.1, 0.15) is 37.3 Å². The van der Waals surface area contributed by atoms with E-state index in [2.05, 4.69) is 5.32 Å². The number of benzene rings is 1. The molecule has 0 unspecified atom stereocenters. The van der Waals surface area contributed by atoms with Crippen LogP contribution in [0.25, 0.3) is 5.57 Å². The van der Waals surface area contributed by atoms with Crippen LogP contribution in [0.4, 0.5) is 13.2 Å². The molecule has 19 heavy (non-hydrogen) atoms. The highest BCUT2D eigenvalue weighted by atomic mass is 19.4. The summed E-state index contributed by atoms with van der Waals surface area (Å²) in [5.74, 6) is 0. The normalized spacial score (nSPS) is 16.7. The molecule has 0 saturated heterocycles. The molecule has 0 amide bonds. The zero-order chi connectivity index (χ0) is 13.9. The lowest BCUT2D eigenvalue weighted by Gasteiger charge is -2.13. The number of allylic oxidation sites excluding steroid dienone is 1. The monoisotopic (exact) mass is 269 g/mol. The first-order valence-electron chi connectivity index (χ1n) is 6.55. The summed E-state index contributed by atoms with van der Waals surface area (Å²) in [5.41, 5.74) is 0.408. The Morgan fingerprint density at radius 3 is 2.63 bits per heavy atom. The van der Waals surface area contributed by atoms with Gasteiger partial charge >= 0.3 is 6.18 Å². The summed E-state index contributed by atoms with van der Waals surface area (Å²) in [6, 6.07) is 6.37. The van der Waals surface area contributed by atoms with Crippen LogP contribution >= 0.6 is 0 Å². The van der Waals surface area contributed by atoms with Crippen molar-refractivity contribution >= 4 is 5.57 Å². The third kappa shape index (κ3) is 4.10. The molecule has 0 aromatic heterocycles. The molecular weight excluding hydrogens is 251 g/mol. The van der Waals surface area contributed by atoms with Gasteiger partial charge in [-0.15, -0.1) is 0 Å². The topological polar surface area (TPSA) is 12.0 Å². The first-order chi connectivity index (χ1) is 8.98. The van der Waals surface area contributed by atoms with Crippen molar-refractivity contribution in [2.75, 3.05) is 6.54 Å². The summed E-state index contributed by atoms with van der Waals surface area (Å²) in [6.45, 7) is 2.57. The number of nitrogens with one attached hydrogen (secondary N) is 1. The first kappa shape index (κ1) is 14.1. The van der Waals surface area contributed by atoms with E-state index in [1.165, 1.54) is 25.0 Å². The van der Waals surface area contributed by atoms with Crippen LogP contribution < -0.4 is 5.32 Å². The van der Waals surface area contributed by atoms with Gasteiger partial charge < -0.3 is 5.32 Å². The highest BCUT2D eigenvalue weighted by Crippen LogP contribution is 2.34. The van der Waals surface area contributed by atoms with Crippen molar-refractivity contribution in [3.8, 4) is 0 Å². The van der Waals surface area contributed by atoms with Crippen LogP contribution in [0.3, 0.4) is 0 Å². The molecule has 1 aromatic rings. The Kier molecular flexibility index (Phi) is 4.30. The van der Waals surface area contributed by atoms with E-state index in [4.69, 9.17) is 0 Å². The standard InChI is InChI=1S/C15H18F3N/c1-11(5-4-10-19-12-8-9-12)13-6-2-3-7-14(13)15(16,17)18/h2-3,5-7,12,19H,4,8-10H2,1H3. The minimum Gasteiger partial charge on any atom is -0.314 e. The average Bonchev–Trinajstić information content (AvgIpc) is 3.17. The minimum absolute atomic E-state index is 0.279. The van der Waals surface area contributed by atoms with E-state index in [9.17, 15) is 13.2 Å². The summed E-state index contributed by atoms with van der Waals surface area (Å²) in [6.07, 6.45) is 0.783. The number of alkyl halides is 3. The largest absolute Gasteiger partial charge is 0.416 e. The van der Waals surface area contributed by atoms with E-state index in [1.807, 2.05) is 6.08 Å². The second kappa shape index (κ2) is 5.78. The molecule has 0 radical (unpaired) electrons. The zero-order valence-electron chi connectivity index (χ0n) is 10.9. The third-order valence-corrected chi connectivity index (χ3v) is 3.26. The molecular formula is C15H18F3N. The van der Waals surface area contributed by atoms with Gasteiger partial charge in [0.25, 0.3) is 0 Å². The van der Waals surface area contributed by atoms with Crippen molar-refractivity contribution in [1.82, 2.24) is 5.32 Å². The first-order valence-corrected chi connectivity index (χ1v) is 6.55. The van der Waals surface area contributed by atoms with Crippen LogP contribution in [0.15, 0.2) is 30.3 Å². The smallest absolute Gasteiger partial charge is 0.314 e. The molecule has 1 aromatic carbocycles. The van der Waals surface area contributed by atoms with Gasteiger partial charge in [0.15, 0.2) is 0 Å². The van der Waals surface area contributed by atoms with Gasteiger partial charge in [-0.3, -0.25) is 0 Å². The van der Waals surface area contributed by atoms with Crippen LogP contribution in [0.2, 0.25) is 0 Å². The fraction of sp³-hybridized carbons (Fsp3) is 0.467. The van der Waals surface area contributed by atoms with Crippen molar-refractivity contribution in [2.24, 2.45) is 0 Å². The number of hydrogen-bond acceptors (Lipinski definition) is 1. The summed E-state index contributed by atoms with van der Waals surface area (Å²) >= 11 is 0. The molecule has 1 N–H and O–H groups in total. The maximum Gasteiger partial charge on any atom is 0.416 e. The Morgan fingerprint density at radius 1 is 1.32 bits per heavy atom. The van der Waals surface area contributed by atoms with E-state index in [1.54, 1.807) is 13.0 Å². The van der Waals surface area contributed by atoms with E-state index in [0.717, 1.165) is 19.0 Å². The Bertz CT molecular complexity index is 459. The molecule has 1 aliphatic rings. The van der Waals surface area contributed by atoms with Gasteiger partial charge in [-0.1, -0.05) is 24.3 Å². The Balaban J connectivity index is 2.04. The fourth-order valence-corrected chi connectivity index (χ4v) is 2.05. The third-order valence-electron chi connectivity index (χ3n) is 3.26. The molecule has 4 heteroatoms. The molecule has 1 aliphatic carbocycles. The van der Waals surface area contributed by atoms with Crippen molar-refractivity contribution in [1.29, 1.82) is 0 Å². The van der Waals surface area contributed by atoms with Crippen molar-refractivity contribution in [3.63, 3.8) is 0 Å². The summed E-state index contributed by atoms with van der Waals surface area (Å²) < 4.78 is 38.6. The van der Waals surface area contributed by atoms with Gasteiger partial charge in [0.05, 0.1) is 5.56 Å². The van der Waals surface area contributed by atoms with Crippen LogP contribution in [0, 0.1) is 0 Å². The molecule has 1 saturated carbocycles. The van der Waals surface area contributed by atoms with Crippen LogP contribution in [-0.4, -0.2) is 12.6 Å². The van der Waals surface area contributed by atoms with Crippen LogP contribution in [-0.2, 0) is 6.18 Å². The lowest BCUT2D eigenvalue weighted by molar-refractivity contribution is -0.137. The quantitative estimate of drug-likeness (QED) is 0.788. The molecule has 1 fully saturated rings. The summed E-state index contributed by atoms with van der Waals surface area (Å²) in [4.78, 5) is 0. The number of rotatable bonds is 5. The molecule has 1 nitrogen and oxygen atoms in total. The predicted octanol–water partition coefficient (Wildman–Crippen LogP) is 4.25.